The maximum Gasteiger partial charge on any atom is 0.157 e. The molecule has 4 N–H and O–H groups in total. The fourth-order valence-corrected chi connectivity index (χ4v) is 0.524. The lowest BCUT2D eigenvalue weighted by molar-refractivity contribution is 0.403. The van der Waals surface area contributed by atoms with Gasteiger partial charge in [0.15, 0.2) is 11.5 Å². The van der Waals surface area contributed by atoms with Crippen LogP contribution < -0.4 is 5.73 Å². The second-order valence-electron chi connectivity index (χ2n) is 1.72. The third-order valence-corrected chi connectivity index (χ3v) is 0.971. The van der Waals surface area contributed by atoms with Gasteiger partial charge in [0, 0.05) is 5.48 Å². The summed E-state index contributed by atoms with van der Waals surface area (Å²) < 4.78 is 51.5. The van der Waals surface area contributed by atoms with Crippen molar-refractivity contribution in [3.8, 4) is 11.5 Å². The van der Waals surface area contributed by atoms with Gasteiger partial charge in [0.2, 0.25) is 0 Å². The number of benzene rings is 1. The zero-order chi connectivity index (χ0) is 14.5. The average Bonchev–Trinajstić information content (AvgIpc) is 2.22. The standard InChI is InChI=1S/C8H11NO2.ClH/c9-4-3-6-1-2-7(10)8(11)5-6;/h1-2,5,10-11H,3-4,9H2;1H/i1D,2D,3D2,4D2,5D;. The molecule has 0 unspecified atom stereocenters. The maximum absolute atomic E-state index is 9.35. The molecular weight excluding hydrogens is 178 g/mol. The lowest BCUT2D eigenvalue weighted by atomic mass is 10.1. The van der Waals surface area contributed by atoms with E-state index in [0.29, 0.717) is 0 Å². The molecule has 0 aliphatic heterocycles. The monoisotopic (exact) mass is 196 g/mol. The van der Waals surface area contributed by atoms with E-state index in [4.69, 9.17) is 15.3 Å². The summed E-state index contributed by atoms with van der Waals surface area (Å²) in [6.45, 7) is -2.92. The van der Waals surface area contributed by atoms with Crippen molar-refractivity contribution >= 4 is 12.4 Å². The van der Waals surface area contributed by atoms with Crippen LogP contribution in [0.4, 0.5) is 0 Å². The van der Waals surface area contributed by atoms with Crippen LogP contribution in [0.3, 0.4) is 0 Å². The van der Waals surface area contributed by atoms with E-state index in [9.17, 15) is 10.2 Å². The van der Waals surface area contributed by atoms with Crippen molar-refractivity contribution in [1.29, 1.82) is 0 Å². The van der Waals surface area contributed by atoms with Crippen molar-refractivity contribution in [2.45, 2.75) is 6.37 Å². The van der Waals surface area contributed by atoms with Crippen molar-refractivity contribution in [2.24, 2.45) is 5.73 Å². The van der Waals surface area contributed by atoms with Gasteiger partial charge in [-0.1, -0.05) is 6.04 Å². The molecule has 0 radical (unpaired) electrons. The van der Waals surface area contributed by atoms with E-state index in [0.717, 1.165) is 0 Å². The largest absolute Gasteiger partial charge is 0.504 e. The summed E-state index contributed by atoms with van der Waals surface area (Å²) in [5, 5.41) is 18.6. The molecule has 0 amide bonds. The molecule has 1 aromatic carbocycles. The lowest BCUT2D eigenvalue weighted by Gasteiger charge is -2.00. The van der Waals surface area contributed by atoms with Crippen LogP contribution in [-0.2, 0) is 6.37 Å². The van der Waals surface area contributed by atoms with Crippen LogP contribution in [0.25, 0.3) is 0 Å². The van der Waals surface area contributed by atoms with Gasteiger partial charge in [-0.3, -0.25) is 0 Å². The fraction of sp³-hybridized carbons (Fsp3) is 0.250. The van der Waals surface area contributed by atoms with Crippen LogP contribution in [0.5, 0.6) is 11.5 Å². The molecule has 68 valence electrons. The molecule has 0 saturated heterocycles. The number of hydrogen-bond acceptors (Lipinski definition) is 3. The van der Waals surface area contributed by atoms with Crippen LogP contribution in [0.1, 0.15) is 15.2 Å². The van der Waals surface area contributed by atoms with Gasteiger partial charge in [-0.05, 0) is 30.5 Å². The lowest BCUT2D eigenvalue weighted by Crippen LogP contribution is -2.02. The molecule has 0 fully saturated rings. The number of nitrogens with two attached hydrogens (primary N) is 1. The molecule has 3 nitrogen and oxygen atoms in total. The minimum absolute atomic E-state index is 0. The second-order valence-corrected chi connectivity index (χ2v) is 1.72. The molecule has 4 heteroatoms. The third kappa shape index (κ3) is 2.60. The zero-order valence-corrected chi connectivity index (χ0v) is 6.70. The van der Waals surface area contributed by atoms with Gasteiger partial charge in [0.05, 0.1) is 4.11 Å². The maximum atomic E-state index is 9.35. The topological polar surface area (TPSA) is 66.5 Å². The molecule has 0 aliphatic rings. The SMILES string of the molecule is Cl.[2H]c1c([2H])c(C([2H])([2H])C([2H])([2H])N)c([2H])c(O)c1O. The van der Waals surface area contributed by atoms with Crippen molar-refractivity contribution < 1.29 is 19.8 Å². The zero-order valence-electron chi connectivity index (χ0n) is 12.9. The molecule has 0 saturated carbocycles. The van der Waals surface area contributed by atoms with Gasteiger partial charge in [-0.2, -0.15) is 0 Å². The molecule has 0 spiro atoms. The molecule has 0 heterocycles. The van der Waals surface area contributed by atoms with Crippen LogP contribution in [0.15, 0.2) is 18.1 Å². The Kier molecular flexibility index (Phi) is 1.56. The number of hydrogen-bond donors (Lipinski definition) is 3. The average molecular weight is 197 g/mol. The number of phenolic OH excluding ortho intramolecular Hbond substituents is 2. The van der Waals surface area contributed by atoms with Gasteiger partial charge in [-0.15, -0.1) is 12.4 Å². The summed E-state index contributed by atoms with van der Waals surface area (Å²) >= 11 is 0. The van der Waals surface area contributed by atoms with E-state index in [1.807, 2.05) is 0 Å². The van der Waals surface area contributed by atoms with E-state index in [1.54, 1.807) is 0 Å². The molecule has 0 aliphatic carbocycles. The Labute approximate surface area is 87.1 Å². The Hall–Kier alpha value is -0.930. The predicted molar refractivity (Wildman–Crippen MR) is 49.8 cm³/mol. The van der Waals surface area contributed by atoms with Crippen molar-refractivity contribution in [3.63, 3.8) is 0 Å². The molecule has 12 heavy (non-hydrogen) atoms. The van der Waals surface area contributed by atoms with Gasteiger partial charge >= 0.3 is 0 Å². The van der Waals surface area contributed by atoms with E-state index >= 15 is 0 Å². The van der Waals surface area contributed by atoms with Crippen molar-refractivity contribution in [2.75, 3.05) is 6.50 Å². The highest BCUT2D eigenvalue weighted by atomic mass is 35.5. The first kappa shape index (κ1) is 3.85. The molecule has 0 bridgehead atoms. The highest BCUT2D eigenvalue weighted by Gasteiger charge is 1.98. The second kappa shape index (κ2) is 4.85. The molecule has 1 aromatic rings. The summed E-state index contributed by atoms with van der Waals surface area (Å²) in [5.74, 6) is -2.11. The fourth-order valence-electron chi connectivity index (χ4n) is 0.524. The Bertz CT molecular complexity index is 474. The smallest absolute Gasteiger partial charge is 0.157 e. The minimum atomic E-state index is -2.97. The quantitative estimate of drug-likeness (QED) is 0.619. The summed E-state index contributed by atoms with van der Waals surface area (Å²) in [6.07, 6.45) is -2.97. The first-order chi connectivity index (χ1) is 7.93. The Morgan fingerprint density at radius 2 is 2.08 bits per heavy atom. The van der Waals surface area contributed by atoms with Gasteiger partial charge in [-0.25, -0.2) is 0 Å². The van der Waals surface area contributed by atoms with E-state index in [-0.39, 0.29) is 12.4 Å². The van der Waals surface area contributed by atoms with E-state index < -0.39 is 48.1 Å². The van der Waals surface area contributed by atoms with Crippen molar-refractivity contribution in [1.82, 2.24) is 0 Å². The molecule has 0 atom stereocenters. The number of rotatable bonds is 2. The van der Waals surface area contributed by atoms with Gasteiger partial charge in [0.25, 0.3) is 0 Å². The highest BCUT2D eigenvalue weighted by Crippen LogP contribution is 2.24. The third-order valence-electron chi connectivity index (χ3n) is 0.971. The summed E-state index contributed by atoms with van der Waals surface area (Å²) in [5.41, 5.74) is 4.13. The Morgan fingerprint density at radius 3 is 2.67 bits per heavy atom. The molecule has 1 rings (SSSR count). The normalized spacial score (nSPS) is 19.9. The van der Waals surface area contributed by atoms with E-state index in [1.165, 1.54) is 0 Å². The Balaban J connectivity index is 0.00000324. The van der Waals surface area contributed by atoms with Crippen LogP contribution in [0, 0.1) is 0 Å². The predicted octanol–water partition coefficient (Wildman–Crippen LogP) is 1.02. The van der Waals surface area contributed by atoms with Gasteiger partial charge < -0.3 is 15.9 Å². The minimum Gasteiger partial charge on any atom is -0.504 e. The molecule has 0 aromatic heterocycles. The highest BCUT2D eigenvalue weighted by molar-refractivity contribution is 5.85. The molecular formula is C8H12ClNO2. The number of phenols is 2. The van der Waals surface area contributed by atoms with Crippen molar-refractivity contribution in [3.05, 3.63) is 23.7 Å². The van der Waals surface area contributed by atoms with Gasteiger partial charge in [0.1, 0.15) is 0 Å². The number of aromatic hydroxyl groups is 2. The van der Waals surface area contributed by atoms with E-state index in [2.05, 4.69) is 0 Å². The summed E-state index contributed by atoms with van der Waals surface area (Å²) in [4.78, 5) is 0. The number of halogens is 1. The summed E-state index contributed by atoms with van der Waals surface area (Å²) in [6, 6.07) is -2.76. The Morgan fingerprint density at radius 1 is 1.42 bits per heavy atom. The van der Waals surface area contributed by atoms with Crippen LogP contribution in [-0.4, -0.2) is 16.7 Å². The van der Waals surface area contributed by atoms with Crippen LogP contribution in [0.2, 0.25) is 0 Å². The van der Waals surface area contributed by atoms with Crippen LogP contribution >= 0.6 is 12.4 Å². The summed E-state index contributed by atoms with van der Waals surface area (Å²) in [7, 11) is 0. The first-order valence-corrected chi connectivity index (χ1v) is 2.74. The first-order valence-electron chi connectivity index (χ1n) is 6.24.